The molecule has 1 atom stereocenters. The van der Waals surface area contributed by atoms with E-state index in [1.165, 1.54) is 16.2 Å². The molecule has 2 heterocycles. The van der Waals surface area contributed by atoms with Crippen LogP contribution >= 0.6 is 11.3 Å². The van der Waals surface area contributed by atoms with Gasteiger partial charge in [0, 0.05) is 37.5 Å². The summed E-state index contributed by atoms with van der Waals surface area (Å²) in [6, 6.07) is 1.34. The second-order valence-electron chi connectivity index (χ2n) is 6.67. The molecule has 146 valence electrons. The third-order valence-corrected chi connectivity index (χ3v) is 5.95. The third-order valence-electron chi connectivity index (χ3n) is 4.75. The highest BCUT2D eigenvalue weighted by Gasteiger charge is 2.27. The Kier molecular flexibility index (Phi) is 6.63. The van der Waals surface area contributed by atoms with E-state index in [2.05, 4.69) is 15.7 Å². The van der Waals surface area contributed by atoms with Gasteiger partial charge >= 0.3 is 0 Å². The van der Waals surface area contributed by atoms with E-state index in [0.29, 0.717) is 23.7 Å². The Morgan fingerprint density at radius 1 is 1.37 bits per heavy atom. The summed E-state index contributed by atoms with van der Waals surface area (Å²) in [6.45, 7) is 2.95. The number of aryl methyl sites for hydroxylation is 1. The van der Waals surface area contributed by atoms with Crippen molar-refractivity contribution in [3.63, 3.8) is 0 Å². The lowest BCUT2D eigenvalue weighted by atomic mass is 9.95. The Balaban J connectivity index is 1.78. The highest BCUT2D eigenvalue weighted by atomic mass is 32.1. The standard InChI is InChI=1S/C19H26N4O3S/c1-13(23-11-5-10-21-23)17(24)22-19-16(18(25)20-9-6-12-26-2)14-7-3-4-8-15(14)27-19/h5,10-11,13H,3-4,6-9,12H2,1-2H3,(H,20,25)(H,22,24). The minimum Gasteiger partial charge on any atom is -0.385 e. The van der Waals surface area contributed by atoms with Crippen LogP contribution in [0.2, 0.25) is 0 Å². The molecule has 2 N–H and O–H groups in total. The molecule has 2 amide bonds. The minimum atomic E-state index is -0.447. The van der Waals surface area contributed by atoms with E-state index in [4.69, 9.17) is 4.74 Å². The fraction of sp³-hybridized carbons (Fsp3) is 0.526. The number of ether oxygens (including phenoxy) is 1. The van der Waals surface area contributed by atoms with Gasteiger partial charge in [0.2, 0.25) is 5.91 Å². The Morgan fingerprint density at radius 3 is 2.93 bits per heavy atom. The van der Waals surface area contributed by atoms with Gasteiger partial charge < -0.3 is 15.4 Å². The van der Waals surface area contributed by atoms with Crippen molar-refractivity contribution in [3.05, 3.63) is 34.5 Å². The van der Waals surface area contributed by atoms with Gasteiger partial charge in [-0.05, 0) is 50.7 Å². The van der Waals surface area contributed by atoms with Gasteiger partial charge in [-0.3, -0.25) is 14.3 Å². The number of carbonyl (C=O) groups excluding carboxylic acids is 2. The molecule has 0 saturated heterocycles. The lowest BCUT2D eigenvalue weighted by Gasteiger charge is -2.14. The first kappa shape index (κ1) is 19.6. The fourth-order valence-corrected chi connectivity index (χ4v) is 4.54. The molecule has 2 aromatic heterocycles. The maximum atomic E-state index is 12.8. The van der Waals surface area contributed by atoms with Crippen molar-refractivity contribution in [1.29, 1.82) is 0 Å². The van der Waals surface area contributed by atoms with Crippen LogP contribution in [-0.4, -0.2) is 41.9 Å². The van der Waals surface area contributed by atoms with Gasteiger partial charge in [0.1, 0.15) is 11.0 Å². The second-order valence-corrected chi connectivity index (χ2v) is 7.77. The molecule has 1 aliphatic carbocycles. The molecule has 1 aliphatic rings. The maximum absolute atomic E-state index is 12.8. The number of methoxy groups -OCH3 is 1. The van der Waals surface area contributed by atoms with Gasteiger partial charge in [-0.15, -0.1) is 11.3 Å². The van der Waals surface area contributed by atoms with E-state index in [1.54, 1.807) is 37.2 Å². The van der Waals surface area contributed by atoms with Crippen LogP contribution in [0.25, 0.3) is 0 Å². The SMILES string of the molecule is COCCCNC(=O)c1c(NC(=O)C(C)n2cccn2)sc2c1CCCC2. The zero-order valence-corrected chi connectivity index (χ0v) is 16.6. The zero-order valence-electron chi connectivity index (χ0n) is 15.8. The molecule has 0 saturated carbocycles. The molecule has 0 bridgehead atoms. The number of carbonyl (C=O) groups is 2. The van der Waals surface area contributed by atoms with E-state index in [-0.39, 0.29) is 11.8 Å². The van der Waals surface area contributed by atoms with Crippen LogP contribution in [0.15, 0.2) is 18.5 Å². The number of anilines is 1. The normalized spacial score (nSPS) is 14.4. The number of fused-ring (bicyclic) bond motifs is 1. The molecule has 7 nitrogen and oxygen atoms in total. The van der Waals surface area contributed by atoms with Crippen LogP contribution in [0.4, 0.5) is 5.00 Å². The highest BCUT2D eigenvalue weighted by molar-refractivity contribution is 7.17. The Morgan fingerprint density at radius 2 is 2.19 bits per heavy atom. The van der Waals surface area contributed by atoms with Crippen LogP contribution in [0.3, 0.4) is 0 Å². The van der Waals surface area contributed by atoms with Gasteiger partial charge in [0.25, 0.3) is 5.91 Å². The third kappa shape index (κ3) is 4.56. The van der Waals surface area contributed by atoms with Crippen molar-refractivity contribution in [1.82, 2.24) is 15.1 Å². The summed E-state index contributed by atoms with van der Waals surface area (Å²) in [4.78, 5) is 26.7. The molecular formula is C19H26N4O3S. The van der Waals surface area contributed by atoms with Crippen LogP contribution in [-0.2, 0) is 22.4 Å². The molecular weight excluding hydrogens is 364 g/mol. The summed E-state index contributed by atoms with van der Waals surface area (Å²) >= 11 is 1.53. The molecule has 1 unspecified atom stereocenters. The summed E-state index contributed by atoms with van der Waals surface area (Å²) in [5, 5.41) is 10.7. The molecule has 0 aliphatic heterocycles. The zero-order chi connectivity index (χ0) is 19.2. The summed E-state index contributed by atoms with van der Waals surface area (Å²) in [5.74, 6) is -0.293. The average molecular weight is 391 g/mol. The van der Waals surface area contributed by atoms with Gasteiger partial charge in [-0.1, -0.05) is 0 Å². The Labute approximate surface area is 163 Å². The summed E-state index contributed by atoms with van der Waals surface area (Å²) in [7, 11) is 1.64. The minimum absolute atomic E-state index is 0.118. The number of nitrogens with one attached hydrogen (secondary N) is 2. The molecule has 0 radical (unpaired) electrons. The maximum Gasteiger partial charge on any atom is 0.254 e. The molecule has 0 aromatic carbocycles. The van der Waals surface area contributed by atoms with Crippen LogP contribution in [0.5, 0.6) is 0 Å². The van der Waals surface area contributed by atoms with Crippen molar-refractivity contribution < 1.29 is 14.3 Å². The largest absolute Gasteiger partial charge is 0.385 e. The fourth-order valence-electron chi connectivity index (χ4n) is 3.25. The number of aromatic nitrogens is 2. The topological polar surface area (TPSA) is 85.3 Å². The first-order valence-electron chi connectivity index (χ1n) is 9.33. The lowest BCUT2D eigenvalue weighted by Crippen LogP contribution is -2.28. The average Bonchev–Trinajstić information content (AvgIpc) is 3.32. The van der Waals surface area contributed by atoms with Crippen molar-refractivity contribution in [2.75, 3.05) is 25.6 Å². The van der Waals surface area contributed by atoms with Crippen LogP contribution < -0.4 is 10.6 Å². The number of hydrogen-bond donors (Lipinski definition) is 2. The smallest absolute Gasteiger partial charge is 0.254 e. The number of hydrogen-bond acceptors (Lipinski definition) is 5. The van der Waals surface area contributed by atoms with Gasteiger partial charge in [0.05, 0.1) is 5.56 Å². The number of thiophene rings is 1. The number of nitrogens with zero attached hydrogens (tertiary/aromatic N) is 2. The van der Waals surface area contributed by atoms with E-state index in [9.17, 15) is 9.59 Å². The molecule has 0 fully saturated rings. The van der Waals surface area contributed by atoms with E-state index >= 15 is 0 Å². The summed E-state index contributed by atoms with van der Waals surface area (Å²) in [5.41, 5.74) is 1.73. The Hall–Kier alpha value is -2.19. The van der Waals surface area contributed by atoms with Crippen molar-refractivity contribution in [2.45, 2.75) is 45.1 Å². The van der Waals surface area contributed by atoms with Crippen molar-refractivity contribution >= 4 is 28.2 Å². The second kappa shape index (κ2) is 9.14. The number of amides is 2. The summed E-state index contributed by atoms with van der Waals surface area (Å²) < 4.78 is 6.63. The van der Waals surface area contributed by atoms with Crippen LogP contribution in [0, 0.1) is 0 Å². The molecule has 27 heavy (non-hydrogen) atoms. The van der Waals surface area contributed by atoms with Crippen LogP contribution in [0.1, 0.15) is 53.0 Å². The molecule has 2 aromatic rings. The van der Waals surface area contributed by atoms with Crippen molar-refractivity contribution in [2.24, 2.45) is 0 Å². The first-order chi connectivity index (χ1) is 13.1. The molecule has 0 spiro atoms. The van der Waals surface area contributed by atoms with E-state index in [0.717, 1.165) is 37.7 Å². The first-order valence-corrected chi connectivity index (χ1v) is 10.1. The molecule has 8 heteroatoms. The lowest BCUT2D eigenvalue weighted by molar-refractivity contribution is -0.119. The quantitative estimate of drug-likeness (QED) is 0.679. The Bertz CT molecular complexity index is 785. The van der Waals surface area contributed by atoms with Gasteiger partial charge in [0.15, 0.2) is 0 Å². The van der Waals surface area contributed by atoms with Crippen molar-refractivity contribution in [3.8, 4) is 0 Å². The van der Waals surface area contributed by atoms with E-state index < -0.39 is 6.04 Å². The van der Waals surface area contributed by atoms with Gasteiger partial charge in [-0.2, -0.15) is 5.10 Å². The number of rotatable bonds is 8. The van der Waals surface area contributed by atoms with E-state index in [1.807, 2.05) is 0 Å². The predicted molar refractivity (Wildman–Crippen MR) is 105 cm³/mol. The summed E-state index contributed by atoms with van der Waals surface area (Å²) in [6.07, 6.45) is 8.21. The monoisotopic (exact) mass is 390 g/mol. The predicted octanol–water partition coefficient (Wildman–Crippen LogP) is 2.79. The molecule has 3 rings (SSSR count). The highest BCUT2D eigenvalue weighted by Crippen LogP contribution is 2.38. The van der Waals surface area contributed by atoms with Gasteiger partial charge in [-0.25, -0.2) is 0 Å².